The molecule has 0 aliphatic carbocycles. The number of carbonyl (C=O) groups is 1. The molecule has 0 atom stereocenters. The fourth-order valence-electron chi connectivity index (χ4n) is 2.26. The first kappa shape index (κ1) is 17.3. The molecule has 0 unspecified atom stereocenters. The summed E-state index contributed by atoms with van der Waals surface area (Å²) in [6.45, 7) is 7.10. The molecule has 23 heavy (non-hydrogen) atoms. The number of nitrogens with zero attached hydrogens (tertiary/aromatic N) is 2. The Hall–Kier alpha value is -2.02. The molecule has 0 bridgehead atoms. The topological polar surface area (TPSA) is 72.9 Å². The maximum absolute atomic E-state index is 13.4. The molecule has 0 radical (unpaired) electrons. The monoisotopic (exact) mass is 336 g/mol. The van der Waals surface area contributed by atoms with Crippen LogP contribution >= 0.6 is 11.8 Å². The highest BCUT2D eigenvalue weighted by molar-refractivity contribution is 7.99. The van der Waals surface area contributed by atoms with Gasteiger partial charge in [0, 0.05) is 11.4 Å². The second-order valence-corrected chi connectivity index (χ2v) is 6.46. The molecule has 2 amide bonds. The Balaban J connectivity index is 2.40. The quantitative estimate of drug-likeness (QED) is 0.848. The van der Waals surface area contributed by atoms with Crippen molar-refractivity contribution in [3.05, 3.63) is 41.6 Å². The third-order valence-electron chi connectivity index (χ3n) is 3.32. The van der Waals surface area contributed by atoms with Gasteiger partial charge < -0.3 is 15.6 Å². The van der Waals surface area contributed by atoms with E-state index in [2.05, 4.69) is 24.1 Å². The summed E-state index contributed by atoms with van der Waals surface area (Å²) < 4.78 is 15.5. The highest BCUT2D eigenvalue weighted by Gasteiger charge is 2.19. The van der Waals surface area contributed by atoms with Crippen molar-refractivity contribution in [2.75, 3.05) is 0 Å². The molecule has 5 nitrogen and oxygen atoms in total. The van der Waals surface area contributed by atoms with Gasteiger partial charge in [-0.25, -0.2) is 14.2 Å². The number of urea groups is 1. The van der Waals surface area contributed by atoms with Crippen LogP contribution < -0.4 is 11.1 Å². The summed E-state index contributed by atoms with van der Waals surface area (Å²) in [5.41, 5.74) is 6.08. The van der Waals surface area contributed by atoms with Crippen molar-refractivity contribution in [3.8, 4) is 0 Å². The molecule has 0 aliphatic heterocycles. The zero-order valence-electron chi connectivity index (χ0n) is 13.5. The zero-order chi connectivity index (χ0) is 17.0. The van der Waals surface area contributed by atoms with Gasteiger partial charge in [-0.3, -0.25) is 0 Å². The summed E-state index contributed by atoms with van der Waals surface area (Å²) in [6.07, 6.45) is 0. The van der Waals surface area contributed by atoms with Gasteiger partial charge in [0.1, 0.15) is 16.7 Å². The standard InChI is InChI=1S/C16H21FN4OS/c1-4-21-13(9-19-16(18)22)20-14(10(2)3)15(21)23-12-7-5-6-11(17)8-12/h5-8,10H,4,9H2,1-3H3,(H3,18,19,22). The van der Waals surface area contributed by atoms with E-state index in [1.165, 1.54) is 23.9 Å². The largest absolute Gasteiger partial charge is 0.352 e. The highest BCUT2D eigenvalue weighted by atomic mass is 32.2. The maximum Gasteiger partial charge on any atom is 0.312 e. The summed E-state index contributed by atoms with van der Waals surface area (Å²) in [4.78, 5) is 16.4. The Bertz CT molecular complexity index is 699. The first-order valence-electron chi connectivity index (χ1n) is 7.48. The summed E-state index contributed by atoms with van der Waals surface area (Å²) in [7, 11) is 0. The van der Waals surface area contributed by atoms with Crippen LogP contribution in [0.25, 0.3) is 0 Å². The van der Waals surface area contributed by atoms with Crippen molar-refractivity contribution in [2.45, 2.75) is 49.7 Å². The van der Waals surface area contributed by atoms with Crippen LogP contribution in [0.1, 0.15) is 38.2 Å². The van der Waals surface area contributed by atoms with Gasteiger partial charge in [0.05, 0.1) is 12.2 Å². The van der Waals surface area contributed by atoms with Gasteiger partial charge in [0.15, 0.2) is 0 Å². The number of nitrogens with one attached hydrogen (secondary N) is 1. The second kappa shape index (κ2) is 7.50. The minimum atomic E-state index is -0.582. The van der Waals surface area contributed by atoms with E-state index in [0.29, 0.717) is 6.54 Å². The fraction of sp³-hybridized carbons (Fsp3) is 0.375. The number of benzene rings is 1. The van der Waals surface area contributed by atoms with Gasteiger partial charge in [-0.1, -0.05) is 31.7 Å². The predicted octanol–water partition coefficient (Wildman–Crippen LogP) is 3.49. The highest BCUT2D eigenvalue weighted by Crippen LogP contribution is 2.35. The van der Waals surface area contributed by atoms with E-state index < -0.39 is 6.03 Å². The van der Waals surface area contributed by atoms with Crippen LogP contribution in [0.5, 0.6) is 0 Å². The predicted molar refractivity (Wildman–Crippen MR) is 88.9 cm³/mol. The first-order chi connectivity index (χ1) is 10.9. The van der Waals surface area contributed by atoms with Gasteiger partial charge in [0.25, 0.3) is 0 Å². The number of hydrogen-bond donors (Lipinski definition) is 2. The smallest absolute Gasteiger partial charge is 0.312 e. The molecule has 1 heterocycles. The molecule has 0 saturated carbocycles. The number of rotatable bonds is 6. The fourth-order valence-corrected chi connectivity index (χ4v) is 3.53. The minimum absolute atomic E-state index is 0.214. The second-order valence-electron chi connectivity index (χ2n) is 5.39. The number of nitrogens with two attached hydrogens (primary N) is 1. The average molecular weight is 336 g/mol. The van der Waals surface area contributed by atoms with E-state index in [0.717, 1.165) is 21.4 Å². The van der Waals surface area contributed by atoms with Crippen molar-refractivity contribution in [3.63, 3.8) is 0 Å². The van der Waals surface area contributed by atoms with Crippen LogP contribution in [0.3, 0.4) is 0 Å². The van der Waals surface area contributed by atoms with Crippen LogP contribution in [-0.2, 0) is 13.1 Å². The lowest BCUT2D eigenvalue weighted by molar-refractivity contribution is 0.248. The Morgan fingerprint density at radius 2 is 2.22 bits per heavy atom. The number of hydrogen-bond acceptors (Lipinski definition) is 3. The molecule has 124 valence electrons. The van der Waals surface area contributed by atoms with E-state index in [1.807, 2.05) is 17.6 Å². The molecular formula is C16H21FN4OS. The molecule has 2 rings (SSSR count). The summed E-state index contributed by atoms with van der Waals surface area (Å²) in [6, 6.07) is 5.90. The van der Waals surface area contributed by atoms with Crippen LogP contribution in [0.2, 0.25) is 0 Å². The van der Waals surface area contributed by atoms with Gasteiger partial charge in [-0.05, 0) is 31.0 Å². The van der Waals surface area contributed by atoms with E-state index in [9.17, 15) is 9.18 Å². The Morgan fingerprint density at radius 3 is 2.78 bits per heavy atom. The Kier molecular flexibility index (Phi) is 5.65. The van der Waals surface area contributed by atoms with Crippen LogP contribution in [0.4, 0.5) is 9.18 Å². The number of aromatic nitrogens is 2. The molecule has 0 fully saturated rings. The van der Waals surface area contributed by atoms with E-state index in [-0.39, 0.29) is 18.3 Å². The van der Waals surface area contributed by atoms with Crippen molar-refractivity contribution in [1.29, 1.82) is 0 Å². The molecule has 3 N–H and O–H groups in total. The normalized spacial score (nSPS) is 11.0. The molecular weight excluding hydrogens is 315 g/mol. The molecule has 0 spiro atoms. The van der Waals surface area contributed by atoms with Crippen molar-refractivity contribution in [1.82, 2.24) is 14.9 Å². The SMILES string of the molecule is CCn1c(CNC(N)=O)nc(C(C)C)c1Sc1cccc(F)c1. The number of primary amides is 1. The summed E-state index contributed by atoms with van der Waals surface area (Å²) in [5, 5.41) is 3.54. The molecule has 0 aliphatic rings. The number of halogens is 1. The summed E-state index contributed by atoms with van der Waals surface area (Å²) >= 11 is 1.48. The molecule has 1 aromatic heterocycles. The van der Waals surface area contributed by atoms with Gasteiger partial charge in [-0.15, -0.1) is 0 Å². The van der Waals surface area contributed by atoms with E-state index in [4.69, 9.17) is 5.73 Å². The van der Waals surface area contributed by atoms with Crippen molar-refractivity contribution < 1.29 is 9.18 Å². The van der Waals surface area contributed by atoms with Crippen LogP contribution in [0, 0.1) is 5.82 Å². The minimum Gasteiger partial charge on any atom is -0.352 e. The molecule has 2 aromatic rings. The number of imidazole rings is 1. The Labute approximate surface area is 139 Å². The van der Waals surface area contributed by atoms with Crippen molar-refractivity contribution >= 4 is 17.8 Å². The third kappa shape index (κ3) is 4.25. The lowest BCUT2D eigenvalue weighted by Gasteiger charge is -2.11. The maximum atomic E-state index is 13.4. The van der Waals surface area contributed by atoms with Gasteiger partial charge in [0.2, 0.25) is 0 Å². The average Bonchev–Trinajstić information content (AvgIpc) is 2.83. The van der Waals surface area contributed by atoms with Gasteiger partial charge >= 0.3 is 6.03 Å². The van der Waals surface area contributed by atoms with Crippen molar-refractivity contribution in [2.24, 2.45) is 5.73 Å². The molecule has 7 heteroatoms. The molecule has 0 saturated heterocycles. The van der Waals surface area contributed by atoms with Crippen LogP contribution in [0.15, 0.2) is 34.2 Å². The van der Waals surface area contributed by atoms with E-state index in [1.54, 1.807) is 6.07 Å². The molecule has 1 aromatic carbocycles. The number of amides is 2. The first-order valence-corrected chi connectivity index (χ1v) is 8.30. The van der Waals surface area contributed by atoms with Crippen LogP contribution in [-0.4, -0.2) is 15.6 Å². The summed E-state index contributed by atoms with van der Waals surface area (Å²) in [5.74, 6) is 0.694. The Morgan fingerprint density at radius 1 is 1.48 bits per heavy atom. The number of carbonyl (C=O) groups excluding carboxylic acids is 1. The van der Waals surface area contributed by atoms with Gasteiger partial charge in [-0.2, -0.15) is 0 Å². The lowest BCUT2D eigenvalue weighted by Crippen LogP contribution is -2.29. The lowest BCUT2D eigenvalue weighted by atomic mass is 10.1. The third-order valence-corrected chi connectivity index (χ3v) is 4.43. The zero-order valence-corrected chi connectivity index (χ0v) is 14.3. The van der Waals surface area contributed by atoms with E-state index >= 15 is 0 Å².